The molecule has 0 radical (unpaired) electrons. The first-order valence-electron chi connectivity index (χ1n) is 5.42. The molecule has 0 fully saturated rings. The molecule has 0 spiro atoms. The first kappa shape index (κ1) is 14.2. The zero-order valence-corrected chi connectivity index (χ0v) is 11.1. The van der Waals surface area contributed by atoms with Crippen molar-refractivity contribution >= 4 is 33.4 Å². The lowest BCUT2D eigenvalue weighted by atomic mass is 10.2. The molecule has 20 heavy (non-hydrogen) atoms. The van der Waals surface area contributed by atoms with Crippen LogP contribution in [0.4, 0.5) is 5.69 Å². The standard InChI is InChI=1S/C11H10N2O6S/c1-6-4-7(20(17,18)19)2-3-9(6)13-10(14)5-8(12-13)11(15)16/h2-4H,5H2,1H3,(H,15,16)(H,17,18,19). The van der Waals surface area contributed by atoms with Crippen molar-refractivity contribution in [3.8, 4) is 0 Å². The van der Waals surface area contributed by atoms with Crippen LogP contribution in [0.25, 0.3) is 0 Å². The SMILES string of the molecule is Cc1cc(S(=O)(=O)O)ccc1N1N=C(C(=O)O)CC1=O. The fraction of sp³-hybridized carbons (Fsp3) is 0.182. The van der Waals surface area contributed by atoms with Gasteiger partial charge in [0.1, 0.15) is 0 Å². The van der Waals surface area contributed by atoms with Crippen molar-refractivity contribution in [3.63, 3.8) is 0 Å². The Hall–Kier alpha value is -2.26. The van der Waals surface area contributed by atoms with Crippen molar-refractivity contribution in [1.29, 1.82) is 0 Å². The van der Waals surface area contributed by atoms with Gasteiger partial charge in [-0.15, -0.1) is 0 Å². The predicted octanol–water partition coefficient (Wildman–Crippen LogP) is 0.419. The maximum absolute atomic E-state index is 11.7. The van der Waals surface area contributed by atoms with Gasteiger partial charge in [-0.05, 0) is 30.7 Å². The Balaban J connectivity index is 2.45. The van der Waals surface area contributed by atoms with Gasteiger partial charge < -0.3 is 5.11 Å². The fourth-order valence-electron chi connectivity index (χ4n) is 1.76. The van der Waals surface area contributed by atoms with E-state index in [4.69, 9.17) is 9.66 Å². The monoisotopic (exact) mass is 298 g/mol. The van der Waals surface area contributed by atoms with Gasteiger partial charge in [-0.1, -0.05) is 0 Å². The van der Waals surface area contributed by atoms with Crippen LogP contribution >= 0.6 is 0 Å². The molecule has 0 saturated heterocycles. The fourth-order valence-corrected chi connectivity index (χ4v) is 2.33. The summed E-state index contributed by atoms with van der Waals surface area (Å²) >= 11 is 0. The zero-order chi connectivity index (χ0) is 15.1. The third-order valence-corrected chi connectivity index (χ3v) is 3.57. The minimum atomic E-state index is -4.34. The number of hydrogen-bond acceptors (Lipinski definition) is 5. The second-order valence-corrected chi connectivity index (χ2v) is 5.58. The molecule has 8 nitrogen and oxygen atoms in total. The minimum absolute atomic E-state index is 0.263. The normalized spacial score (nSPS) is 15.4. The summed E-state index contributed by atoms with van der Waals surface area (Å²) < 4.78 is 30.9. The summed E-state index contributed by atoms with van der Waals surface area (Å²) in [6.45, 7) is 1.52. The highest BCUT2D eigenvalue weighted by Gasteiger charge is 2.30. The molecule has 0 bridgehead atoms. The average molecular weight is 298 g/mol. The van der Waals surface area contributed by atoms with E-state index in [9.17, 15) is 18.0 Å². The number of carboxylic acid groups (broad SMARTS) is 1. The van der Waals surface area contributed by atoms with E-state index in [1.54, 1.807) is 0 Å². The van der Waals surface area contributed by atoms with Gasteiger partial charge in [0, 0.05) is 0 Å². The van der Waals surface area contributed by atoms with E-state index in [1.807, 2.05) is 0 Å². The Morgan fingerprint density at radius 2 is 2.05 bits per heavy atom. The molecule has 2 N–H and O–H groups in total. The van der Waals surface area contributed by atoms with Crippen LogP contribution in [-0.4, -0.2) is 35.7 Å². The molecule has 1 aromatic rings. The number of nitrogens with zero attached hydrogens (tertiary/aromatic N) is 2. The maximum Gasteiger partial charge on any atom is 0.352 e. The molecular weight excluding hydrogens is 288 g/mol. The number of anilines is 1. The van der Waals surface area contributed by atoms with Crippen LogP contribution in [0.15, 0.2) is 28.2 Å². The number of amides is 1. The minimum Gasteiger partial charge on any atom is -0.477 e. The smallest absolute Gasteiger partial charge is 0.352 e. The lowest BCUT2D eigenvalue weighted by Crippen LogP contribution is -2.20. The number of carbonyl (C=O) groups is 2. The Bertz CT molecular complexity index is 737. The van der Waals surface area contributed by atoms with E-state index in [-0.39, 0.29) is 22.7 Å². The Kier molecular flexibility index (Phi) is 3.32. The average Bonchev–Trinajstić information content (AvgIpc) is 2.70. The Morgan fingerprint density at radius 3 is 2.50 bits per heavy atom. The maximum atomic E-state index is 11.7. The van der Waals surface area contributed by atoms with Crippen molar-refractivity contribution in [3.05, 3.63) is 23.8 Å². The summed E-state index contributed by atoms with van der Waals surface area (Å²) in [5.74, 6) is -1.81. The number of hydrazone groups is 1. The summed E-state index contributed by atoms with van der Waals surface area (Å²) in [4.78, 5) is 22.2. The summed E-state index contributed by atoms with van der Waals surface area (Å²) in [5, 5.41) is 13.4. The quantitative estimate of drug-likeness (QED) is 0.779. The van der Waals surface area contributed by atoms with E-state index in [1.165, 1.54) is 19.1 Å². The second-order valence-electron chi connectivity index (χ2n) is 4.16. The van der Waals surface area contributed by atoms with Gasteiger partial charge in [0.15, 0.2) is 5.71 Å². The van der Waals surface area contributed by atoms with Gasteiger partial charge in [-0.2, -0.15) is 18.5 Å². The van der Waals surface area contributed by atoms with Gasteiger partial charge in [-0.3, -0.25) is 9.35 Å². The van der Waals surface area contributed by atoms with E-state index in [2.05, 4.69) is 5.10 Å². The van der Waals surface area contributed by atoms with Crippen molar-refractivity contribution in [2.45, 2.75) is 18.2 Å². The molecule has 1 aromatic carbocycles. The van der Waals surface area contributed by atoms with E-state index >= 15 is 0 Å². The largest absolute Gasteiger partial charge is 0.477 e. The molecule has 9 heteroatoms. The van der Waals surface area contributed by atoms with E-state index < -0.39 is 22.0 Å². The van der Waals surface area contributed by atoms with Crippen LogP contribution < -0.4 is 5.01 Å². The topological polar surface area (TPSA) is 124 Å². The number of aryl methyl sites for hydroxylation is 1. The second kappa shape index (κ2) is 4.69. The summed E-state index contributed by atoms with van der Waals surface area (Å²) in [7, 11) is -4.34. The van der Waals surface area contributed by atoms with Crippen molar-refractivity contribution in [2.75, 3.05) is 5.01 Å². The van der Waals surface area contributed by atoms with Crippen molar-refractivity contribution in [1.82, 2.24) is 0 Å². The molecule has 0 unspecified atom stereocenters. The van der Waals surface area contributed by atoms with Gasteiger partial charge in [-0.25, -0.2) is 4.79 Å². The van der Waals surface area contributed by atoms with Gasteiger partial charge in [0.2, 0.25) is 0 Å². The first-order chi connectivity index (χ1) is 9.20. The van der Waals surface area contributed by atoms with Crippen LogP contribution in [0.3, 0.4) is 0 Å². The Morgan fingerprint density at radius 1 is 1.40 bits per heavy atom. The van der Waals surface area contributed by atoms with Crippen LogP contribution in [0.5, 0.6) is 0 Å². The van der Waals surface area contributed by atoms with E-state index in [0.29, 0.717) is 5.56 Å². The third kappa shape index (κ3) is 2.53. The lowest BCUT2D eigenvalue weighted by Gasteiger charge is -2.14. The number of carboxylic acids is 1. The highest BCUT2D eigenvalue weighted by Crippen LogP contribution is 2.26. The molecule has 1 amide bonds. The molecule has 2 rings (SSSR count). The molecule has 0 aromatic heterocycles. The summed E-state index contributed by atoms with van der Waals surface area (Å²) in [6.07, 6.45) is -0.325. The number of aliphatic carboxylic acids is 1. The molecule has 1 heterocycles. The van der Waals surface area contributed by atoms with Gasteiger partial charge in [0.25, 0.3) is 16.0 Å². The lowest BCUT2D eigenvalue weighted by molar-refractivity contribution is -0.129. The number of carbonyl (C=O) groups excluding carboxylic acids is 1. The molecule has 0 aliphatic carbocycles. The van der Waals surface area contributed by atoms with Gasteiger partial charge in [0.05, 0.1) is 17.0 Å². The highest BCUT2D eigenvalue weighted by molar-refractivity contribution is 7.85. The van der Waals surface area contributed by atoms with Crippen LogP contribution in [0.1, 0.15) is 12.0 Å². The predicted molar refractivity (Wildman–Crippen MR) is 68.2 cm³/mol. The molecule has 106 valence electrons. The first-order valence-corrected chi connectivity index (χ1v) is 6.86. The van der Waals surface area contributed by atoms with Crippen LogP contribution in [-0.2, 0) is 19.7 Å². The van der Waals surface area contributed by atoms with Gasteiger partial charge >= 0.3 is 5.97 Å². The molecule has 0 saturated carbocycles. The molecule has 1 aliphatic rings. The van der Waals surface area contributed by atoms with Crippen LogP contribution in [0.2, 0.25) is 0 Å². The number of rotatable bonds is 3. The molecule has 1 aliphatic heterocycles. The number of benzene rings is 1. The van der Waals surface area contributed by atoms with Crippen molar-refractivity contribution < 1.29 is 27.7 Å². The molecule has 0 atom stereocenters. The zero-order valence-electron chi connectivity index (χ0n) is 10.3. The third-order valence-electron chi connectivity index (χ3n) is 2.72. The summed E-state index contributed by atoms with van der Waals surface area (Å²) in [6, 6.07) is 3.57. The van der Waals surface area contributed by atoms with E-state index in [0.717, 1.165) is 11.1 Å². The Labute approximate surface area is 114 Å². The summed E-state index contributed by atoms with van der Waals surface area (Å²) in [5.41, 5.74) is 0.343. The van der Waals surface area contributed by atoms with Crippen LogP contribution in [0, 0.1) is 6.92 Å². The number of hydrogen-bond donors (Lipinski definition) is 2. The molecular formula is C11H10N2O6S. The van der Waals surface area contributed by atoms with Crippen molar-refractivity contribution in [2.24, 2.45) is 5.10 Å². The highest BCUT2D eigenvalue weighted by atomic mass is 32.2.